The summed E-state index contributed by atoms with van der Waals surface area (Å²) in [7, 11) is 0. The number of benzene rings is 1. The highest BCUT2D eigenvalue weighted by atomic mass is 16.4. The average Bonchev–Trinajstić information content (AvgIpc) is 2.81. The van der Waals surface area contributed by atoms with Crippen LogP contribution in [0.2, 0.25) is 0 Å². The molecule has 1 fully saturated rings. The largest absolute Gasteiger partial charge is 0.480 e. The van der Waals surface area contributed by atoms with Gasteiger partial charge in [0.15, 0.2) is 0 Å². The molecule has 1 aromatic rings. The molecule has 0 saturated carbocycles. The molecule has 0 radical (unpaired) electrons. The topological polar surface area (TPSA) is 83.6 Å². The zero-order chi connectivity index (χ0) is 14.8. The summed E-state index contributed by atoms with van der Waals surface area (Å²) in [6.45, 7) is 2.07. The van der Waals surface area contributed by atoms with Crippen molar-refractivity contribution in [3.8, 4) is 0 Å². The predicted molar refractivity (Wildman–Crippen MR) is 76.9 cm³/mol. The van der Waals surface area contributed by atoms with E-state index in [2.05, 4.69) is 0 Å². The van der Waals surface area contributed by atoms with Crippen molar-refractivity contribution in [3.63, 3.8) is 0 Å². The Kier molecular flexibility index (Phi) is 3.79. The second kappa shape index (κ2) is 5.36. The number of likely N-dealkylation sites (tertiary alicyclic amines) is 1. The summed E-state index contributed by atoms with van der Waals surface area (Å²) in [5, 5.41) is 9.28. The van der Waals surface area contributed by atoms with Crippen molar-refractivity contribution in [2.45, 2.75) is 25.3 Å². The Morgan fingerprint density at radius 1 is 1.35 bits per heavy atom. The zero-order valence-corrected chi connectivity index (χ0v) is 11.4. The van der Waals surface area contributed by atoms with E-state index in [0.29, 0.717) is 25.1 Å². The van der Waals surface area contributed by atoms with Crippen molar-refractivity contribution in [3.05, 3.63) is 35.9 Å². The molecule has 20 heavy (non-hydrogen) atoms. The molecule has 3 N–H and O–H groups in total. The number of nitrogens with zero attached hydrogens (tertiary/aromatic N) is 1. The van der Waals surface area contributed by atoms with Crippen LogP contribution in [0.4, 0.5) is 5.69 Å². The molecule has 0 aliphatic carbocycles. The van der Waals surface area contributed by atoms with E-state index in [9.17, 15) is 14.7 Å². The Hall–Kier alpha value is -2.30. The van der Waals surface area contributed by atoms with Crippen LogP contribution in [0.1, 0.15) is 25.3 Å². The number of hydrogen-bond donors (Lipinski definition) is 2. The summed E-state index contributed by atoms with van der Waals surface area (Å²) < 4.78 is 0. The zero-order valence-electron chi connectivity index (χ0n) is 11.4. The standard InChI is InChI=1S/C15H18N2O3/c1-15(14(19)20)9-2-10-17(15)13(18)8-5-11-3-6-12(16)7-4-11/h3-8H,2,9-10,16H2,1H3,(H,19,20)/b8-5+. The third-order valence-electron chi connectivity index (χ3n) is 3.72. The van der Waals surface area contributed by atoms with Gasteiger partial charge in [-0.15, -0.1) is 0 Å². The number of carboxylic acid groups (broad SMARTS) is 1. The molecule has 5 nitrogen and oxygen atoms in total. The van der Waals surface area contributed by atoms with Gasteiger partial charge in [-0.2, -0.15) is 0 Å². The SMILES string of the molecule is CC1(C(=O)O)CCCN1C(=O)/C=C/c1ccc(N)cc1. The minimum Gasteiger partial charge on any atom is -0.480 e. The molecular weight excluding hydrogens is 256 g/mol. The maximum Gasteiger partial charge on any atom is 0.329 e. The van der Waals surface area contributed by atoms with Gasteiger partial charge in [0.05, 0.1) is 0 Å². The maximum atomic E-state index is 12.2. The van der Waals surface area contributed by atoms with E-state index in [1.807, 2.05) is 0 Å². The van der Waals surface area contributed by atoms with Gasteiger partial charge in [-0.3, -0.25) is 4.79 Å². The molecule has 1 saturated heterocycles. The van der Waals surface area contributed by atoms with E-state index in [1.54, 1.807) is 37.3 Å². The molecule has 5 heteroatoms. The molecule has 106 valence electrons. The summed E-state index contributed by atoms with van der Waals surface area (Å²) in [6.07, 6.45) is 4.29. The second-order valence-corrected chi connectivity index (χ2v) is 5.17. The first-order valence-corrected chi connectivity index (χ1v) is 6.52. The Balaban J connectivity index is 2.12. The first kappa shape index (κ1) is 14.1. The van der Waals surface area contributed by atoms with Gasteiger partial charge in [0.2, 0.25) is 5.91 Å². The number of carbonyl (C=O) groups is 2. The Bertz CT molecular complexity index is 551. The predicted octanol–water partition coefficient (Wildman–Crippen LogP) is 1.75. The van der Waals surface area contributed by atoms with Crippen molar-refractivity contribution in [1.29, 1.82) is 0 Å². The summed E-state index contributed by atoms with van der Waals surface area (Å²) in [6, 6.07) is 7.11. The van der Waals surface area contributed by atoms with E-state index in [-0.39, 0.29) is 5.91 Å². The van der Waals surface area contributed by atoms with Gasteiger partial charge in [-0.05, 0) is 43.5 Å². The normalized spacial score (nSPS) is 22.4. The van der Waals surface area contributed by atoms with Crippen LogP contribution in [0.3, 0.4) is 0 Å². The minimum atomic E-state index is -1.09. The molecule has 0 aromatic heterocycles. The van der Waals surface area contributed by atoms with Crippen molar-refractivity contribution in [1.82, 2.24) is 4.90 Å². The molecule has 2 rings (SSSR count). The lowest BCUT2D eigenvalue weighted by Gasteiger charge is -2.30. The third-order valence-corrected chi connectivity index (χ3v) is 3.72. The Morgan fingerprint density at radius 2 is 2.00 bits per heavy atom. The number of amides is 1. The molecule has 1 aliphatic heterocycles. The van der Waals surface area contributed by atoms with Gasteiger partial charge in [-0.1, -0.05) is 12.1 Å². The summed E-state index contributed by atoms with van der Waals surface area (Å²) in [4.78, 5) is 24.9. The Labute approximate surface area is 117 Å². The molecular formula is C15H18N2O3. The van der Waals surface area contributed by atoms with Gasteiger partial charge in [0, 0.05) is 18.3 Å². The number of hydrogen-bond acceptors (Lipinski definition) is 3. The van der Waals surface area contributed by atoms with Crippen molar-refractivity contribution < 1.29 is 14.7 Å². The average molecular weight is 274 g/mol. The van der Waals surface area contributed by atoms with Gasteiger partial charge in [-0.25, -0.2) is 4.79 Å². The van der Waals surface area contributed by atoms with E-state index >= 15 is 0 Å². The third kappa shape index (κ3) is 2.66. The van der Waals surface area contributed by atoms with Crippen LogP contribution in [0.15, 0.2) is 30.3 Å². The van der Waals surface area contributed by atoms with Crippen LogP contribution in [0.25, 0.3) is 6.08 Å². The lowest BCUT2D eigenvalue weighted by molar-refractivity contribution is -0.153. The molecule has 0 spiro atoms. The number of aliphatic carboxylic acids is 1. The number of nitrogen functional groups attached to an aromatic ring is 1. The number of nitrogens with two attached hydrogens (primary N) is 1. The lowest BCUT2D eigenvalue weighted by Crippen LogP contribution is -2.50. The monoisotopic (exact) mass is 274 g/mol. The van der Waals surface area contributed by atoms with Crippen LogP contribution in [-0.4, -0.2) is 34.0 Å². The van der Waals surface area contributed by atoms with E-state index in [1.165, 1.54) is 11.0 Å². The van der Waals surface area contributed by atoms with E-state index < -0.39 is 11.5 Å². The van der Waals surface area contributed by atoms with Crippen LogP contribution >= 0.6 is 0 Å². The Morgan fingerprint density at radius 3 is 2.60 bits per heavy atom. The van der Waals surface area contributed by atoms with Crippen LogP contribution in [-0.2, 0) is 9.59 Å². The molecule has 1 aliphatic rings. The highest BCUT2D eigenvalue weighted by Crippen LogP contribution is 2.29. The molecule has 1 heterocycles. The van der Waals surface area contributed by atoms with Crippen molar-refractivity contribution in [2.24, 2.45) is 0 Å². The highest BCUT2D eigenvalue weighted by Gasteiger charge is 2.45. The fourth-order valence-electron chi connectivity index (χ4n) is 2.40. The maximum absolute atomic E-state index is 12.2. The van der Waals surface area contributed by atoms with Gasteiger partial charge < -0.3 is 15.7 Å². The minimum absolute atomic E-state index is 0.274. The second-order valence-electron chi connectivity index (χ2n) is 5.17. The van der Waals surface area contributed by atoms with Gasteiger partial charge in [0.25, 0.3) is 0 Å². The highest BCUT2D eigenvalue weighted by molar-refractivity contribution is 5.96. The lowest BCUT2D eigenvalue weighted by atomic mass is 9.99. The van der Waals surface area contributed by atoms with Gasteiger partial charge in [0.1, 0.15) is 5.54 Å². The molecule has 1 aromatic carbocycles. The van der Waals surface area contributed by atoms with Gasteiger partial charge >= 0.3 is 5.97 Å². The first-order chi connectivity index (χ1) is 9.43. The summed E-state index contributed by atoms with van der Waals surface area (Å²) in [5.41, 5.74) is 6.00. The van der Waals surface area contributed by atoms with Crippen molar-refractivity contribution >= 4 is 23.6 Å². The summed E-state index contributed by atoms with van der Waals surface area (Å²) >= 11 is 0. The number of carbonyl (C=O) groups excluding carboxylic acids is 1. The molecule has 1 amide bonds. The van der Waals surface area contributed by atoms with Crippen LogP contribution < -0.4 is 5.73 Å². The first-order valence-electron chi connectivity index (χ1n) is 6.52. The van der Waals surface area contributed by atoms with Crippen molar-refractivity contribution in [2.75, 3.05) is 12.3 Å². The molecule has 0 bridgehead atoms. The van der Waals surface area contributed by atoms with E-state index in [4.69, 9.17) is 5.73 Å². The van der Waals surface area contributed by atoms with E-state index in [0.717, 1.165) is 5.56 Å². The number of carboxylic acids is 1. The fourth-order valence-corrected chi connectivity index (χ4v) is 2.40. The quantitative estimate of drug-likeness (QED) is 0.649. The number of anilines is 1. The number of rotatable bonds is 3. The molecule has 1 unspecified atom stereocenters. The molecule has 1 atom stereocenters. The fraction of sp³-hybridized carbons (Fsp3) is 0.333. The smallest absolute Gasteiger partial charge is 0.329 e. The van der Waals surface area contributed by atoms with Crippen LogP contribution in [0, 0.1) is 0 Å². The summed E-state index contributed by atoms with van der Waals surface area (Å²) in [5.74, 6) is -1.23. The van der Waals surface area contributed by atoms with Crippen LogP contribution in [0.5, 0.6) is 0 Å².